The molecule has 0 aromatic rings. The van der Waals surface area contributed by atoms with Crippen LogP contribution in [0, 0.1) is 11.3 Å². The van der Waals surface area contributed by atoms with E-state index in [1.807, 2.05) is 0 Å². The van der Waals surface area contributed by atoms with Crippen molar-refractivity contribution in [2.75, 3.05) is 0 Å². The zero-order valence-electron chi connectivity index (χ0n) is 14.0. The van der Waals surface area contributed by atoms with Crippen molar-refractivity contribution in [3.05, 3.63) is 0 Å². The Kier molecular flexibility index (Phi) is 3.53. The largest absolute Gasteiger partial charge is 0.461 e. The van der Waals surface area contributed by atoms with Crippen molar-refractivity contribution < 1.29 is 9.31 Å². The van der Waals surface area contributed by atoms with Crippen LogP contribution in [0.2, 0.25) is 5.82 Å². The highest BCUT2D eigenvalue weighted by Gasteiger charge is 2.66. The molecule has 3 fully saturated rings. The lowest BCUT2D eigenvalue weighted by Crippen LogP contribution is -2.41. The number of hydrogen-bond donors (Lipinski definition) is 0. The SMILES string of the molecule is CCCC1CCC2(CC1)CC2B1OC(C)(C)C(C)(C)O1. The molecule has 0 radical (unpaired) electrons. The monoisotopic (exact) mass is 278 g/mol. The van der Waals surface area contributed by atoms with E-state index < -0.39 is 0 Å². The van der Waals surface area contributed by atoms with E-state index in [0.29, 0.717) is 11.2 Å². The van der Waals surface area contributed by atoms with E-state index in [-0.39, 0.29) is 18.3 Å². The van der Waals surface area contributed by atoms with E-state index in [4.69, 9.17) is 9.31 Å². The van der Waals surface area contributed by atoms with Gasteiger partial charge in [-0.05, 0) is 71.1 Å². The summed E-state index contributed by atoms with van der Waals surface area (Å²) < 4.78 is 12.5. The first-order valence-corrected chi connectivity index (χ1v) is 8.65. The standard InChI is InChI=1S/C17H31BO2/c1-6-7-13-8-10-17(11-9-13)12-14(17)18-19-15(2,3)16(4,5)20-18/h13-14H,6-12H2,1-5H3. The van der Waals surface area contributed by atoms with Crippen LogP contribution in [0.3, 0.4) is 0 Å². The Labute approximate surface area is 125 Å². The van der Waals surface area contributed by atoms with Gasteiger partial charge in [0.1, 0.15) is 0 Å². The van der Waals surface area contributed by atoms with Crippen LogP contribution in [0.5, 0.6) is 0 Å². The second-order valence-electron chi connectivity index (χ2n) is 8.53. The zero-order valence-corrected chi connectivity index (χ0v) is 14.0. The summed E-state index contributed by atoms with van der Waals surface area (Å²) in [6.45, 7) is 11.0. The van der Waals surface area contributed by atoms with Crippen molar-refractivity contribution in [2.24, 2.45) is 11.3 Å². The average Bonchev–Trinajstić information content (AvgIpc) is 2.99. The molecule has 114 valence electrons. The lowest BCUT2D eigenvalue weighted by molar-refractivity contribution is 0.00578. The van der Waals surface area contributed by atoms with Crippen LogP contribution < -0.4 is 0 Å². The van der Waals surface area contributed by atoms with Gasteiger partial charge < -0.3 is 9.31 Å². The lowest BCUT2D eigenvalue weighted by Gasteiger charge is -2.32. The molecule has 2 saturated carbocycles. The molecule has 3 rings (SSSR count). The maximum Gasteiger partial charge on any atom is 0.461 e. The van der Waals surface area contributed by atoms with Crippen molar-refractivity contribution in [2.45, 2.75) is 96.6 Å². The van der Waals surface area contributed by atoms with Crippen molar-refractivity contribution in [3.8, 4) is 0 Å². The van der Waals surface area contributed by atoms with Gasteiger partial charge in [-0.3, -0.25) is 0 Å². The normalized spacial score (nSPS) is 42.1. The molecule has 1 heterocycles. The third kappa shape index (κ3) is 2.35. The van der Waals surface area contributed by atoms with Gasteiger partial charge in [-0.25, -0.2) is 0 Å². The van der Waals surface area contributed by atoms with E-state index >= 15 is 0 Å². The fourth-order valence-corrected chi connectivity index (χ4v) is 4.34. The molecule has 1 unspecified atom stereocenters. The highest BCUT2D eigenvalue weighted by Crippen LogP contribution is 2.69. The lowest BCUT2D eigenvalue weighted by atomic mass is 9.69. The van der Waals surface area contributed by atoms with E-state index in [0.717, 1.165) is 5.92 Å². The van der Waals surface area contributed by atoms with Gasteiger partial charge in [0.15, 0.2) is 0 Å². The number of hydrogen-bond acceptors (Lipinski definition) is 2. The highest BCUT2D eigenvalue weighted by atomic mass is 16.7. The smallest absolute Gasteiger partial charge is 0.403 e. The van der Waals surface area contributed by atoms with Gasteiger partial charge in [0, 0.05) is 5.82 Å². The Morgan fingerprint density at radius 3 is 2.05 bits per heavy atom. The molecule has 1 aliphatic heterocycles. The van der Waals surface area contributed by atoms with Gasteiger partial charge in [-0.15, -0.1) is 0 Å². The Bertz CT molecular complexity index is 353. The maximum atomic E-state index is 6.27. The van der Waals surface area contributed by atoms with Gasteiger partial charge in [0.2, 0.25) is 0 Å². The van der Waals surface area contributed by atoms with E-state index in [2.05, 4.69) is 34.6 Å². The molecule has 1 atom stereocenters. The van der Waals surface area contributed by atoms with Gasteiger partial charge >= 0.3 is 7.12 Å². The van der Waals surface area contributed by atoms with Crippen molar-refractivity contribution in [1.29, 1.82) is 0 Å². The molecule has 0 N–H and O–H groups in total. The molecule has 20 heavy (non-hydrogen) atoms. The van der Waals surface area contributed by atoms with Crippen LogP contribution in [0.1, 0.15) is 79.6 Å². The molecule has 0 amide bonds. The molecule has 2 aliphatic carbocycles. The minimum Gasteiger partial charge on any atom is -0.403 e. The second-order valence-corrected chi connectivity index (χ2v) is 8.53. The molecule has 0 aromatic carbocycles. The summed E-state index contributed by atoms with van der Waals surface area (Å²) in [5.41, 5.74) is 0.243. The minimum atomic E-state index is -0.166. The van der Waals surface area contributed by atoms with Crippen molar-refractivity contribution in [1.82, 2.24) is 0 Å². The van der Waals surface area contributed by atoms with Gasteiger partial charge in [0.25, 0.3) is 0 Å². The highest BCUT2D eigenvalue weighted by molar-refractivity contribution is 6.49. The summed E-state index contributed by atoms with van der Waals surface area (Å²) in [7, 11) is 0.0442. The van der Waals surface area contributed by atoms with Crippen LogP contribution in [-0.4, -0.2) is 18.3 Å². The van der Waals surface area contributed by atoms with Crippen LogP contribution in [0.4, 0.5) is 0 Å². The van der Waals surface area contributed by atoms with E-state index in [9.17, 15) is 0 Å². The predicted octanol–water partition coefficient (Wildman–Crippen LogP) is 4.83. The first-order valence-electron chi connectivity index (χ1n) is 8.65. The van der Waals surface area contributed by atoms with Gasteiger partial charge in [0.05, 0.1) is 11.2 Å². The number of rotatable bonds is 3. The summed E-state index contributed by atoms with van der Waals surface area (Å²) in [5.74, 6) is 1.65. The molecule has 1 spiro atoms. The third-order valence-corrected chi connectivity index (χ3v) is 6.65. The first-order chi connectivity index (χ1) is 9.30. The molecule has 2 nitrogen and oxygen atoms in total. The average molecular weight is 278 g/mol. The minimum absolute atomic E-state index is 0.0442. The second kappa shape index (κ2) is 4.74. The summed E-state index contributed by atoms with van der Waals surface area (Å²) in [5, 5.41) is 0. The predicted molar refractivity (Wildman–Crippen MR) is 83.7 cm³/mol. The van der Waals surface area contributed by atoms with Crippen LogP contribution in [0.15, 0.2) is 0 Å². The molecule has 0 bridgehead atoms. The fourth-order valence-electron chi connectivity index (χ4n) is 4.34. The summed E-state index contributed by atoms with van der Waals surface area (Å²) in [6, 6.07) is 0. The molecule has 0 aromatic heterocycles. The molecular formula is C17H31BO2. The van der Waals surface area contributed by atoms with Crippen LogP contribution in [-0.2, 0) is 9.31 Å². The van der Waals surface area contributed by atoms with Crippen molar-refractivity contribution in [3.63, 3.8) is 0 Å². The summed E-state index contributed by atoms with van der Waals surface area (Å²) in [6.07, 6.45) is 9.80. The third-order valence-electron chi connectivity index (χ3n) is 6.65. The van der Waals surface area contributed by atoms with E-state index in [1.165, 1.54) is 44.9 Å². The molecule has 1 saturated heterocycles. The Morgan fingerprint density at radius 1 is 1.00 bits per heavy atom. The van der Waals surface area contributed by atoms with Crippen molar-refractivity contribution >= 4 is 7.12 Å². The maximum absolute atomic E-state index is 6.27. The summed E-state index contributed by atoms with van der Waals surface area (Å²) >= 11 is 0. The Balaban J connectivity index is 1.58. The van der Waals surface area contributed by atoms with Gasteiger partial charge in [-0.2, -0.15) is 0 Å². The molecular weight excluding hydrogens is 247 g/mol. The zero-order chi connectivity index (χ0) is 14.6. The Hall–Kier alpha value is -0.0151. The molecule has 3 aliphatic rings. The van der Waals surface area contributed by atoms with Crippen LogP contribution in [0.25, 0.3) is 0 Å². The first kappa shape index (κ1) is 14.9. The quantitative estimate of drug-likeness (QED) is 0.688. The summed E-state index contributed by atoms with van der Waals surface area (Å²) in [4.78, 5) is 0. The topological polar surface area (TPSA) is 18.5 Å². The van der Waals surface area contributed by atoms with E-state index in [1.54, 1.807) is 0 Å². The fraction of sp³-hybridized carbons (Fsp3) is 1.00. The van der Waals surface area contributed by atoms with Gasteiger partial charge in [-0.1, -0.05) is 19.8 Å². The Morgan fingerprint density at radius 2 is 1.55 bits per heavy atom. The van der Waals surface area contributed by atoms with Crippen LogP contribution >= 0.6 is 0 Å². The molecule has 3 heteroatoms.